The average Bonchev–Trinajstić information content (AvgIpc) is 0.811. The summed E-state index contributed by atoms with van der Waals surface area (Å²) in [5.74, 6) is 0. The van der Waals surface area contributed by atoms with Gasteiger partial charge in [-0.25, -0.2) is 0 Å². The van der Waals surface area contributed by atoms with Crippen molar-refractivity contribution in [1.82, 2.24) is 0 Å². The summed E-state index contributed by atoms with van der Waals surface area (Å²) in [6.45, 7) is 0. The maximum atomic E-state index is 9.81. The van der Waals surface area contributed by atoms with Crippen molar-refractivity contribution in [2.24, 2.45) is 0 Å². The Bertz CT molecular complexity index is 15.5. The van der Waals surface area contributed by atoms with E-state index in [1.165, 1.54) is 0 Å². The zero-order valence-electron chi connectivity index (χ0n) is 2.40. The first kappa shape index (κ1) is 15.7. The van der Waals surface area contributed by atoms with Gasteiger partial charge in [-0.2, -0.15) is 0 Å². The quantitative estimate of drug-likeness (QED) is 0.507. The van der Waals surface area contributed by atoms with Gasteiger partial charge in [-0.3, -0.25) is 0 Å². The second-order valence-corrected chi connectivity index (χ2v) is 0.742. The maximum Gasteiger partial charge on any atom is 1.04 e. The van der Waals surface area contributed by atoms with Gasteiger partial charge >= 0.3 is 15.5 Å². The summed E-state index contributed by atoms with van der Waals surface area (Å²) >= 11 is -4.64. The summed E-state index contributed by atoms with van der Waals surface area (Å²) in [5.41, 5.74) is 0. The molecular formula is AlCoF3Fe. The van der Waals surface area contributed by atoms with Crippen LogP contribution in [-0.2, 0) is 33.8 Å². The molecule has 0 aliphatic rings. The minimum absolute atomic E-state index is 0. The van der Waals surface area contributed by atoms with Gasteiger partial charge in [0.2, 0.25) is 0 Å². The fraction of sp³-hybridized carbons (Fsp3) is 0. The summed E-state index contributed by atoms with van der Waals surface area (Å²) in [6, 6.07) is 0. The standard InChI is InChI=1S/Al.Co.3FH.Fe/h;;3*1H;/q+3;;;;;/p-3. The summed E-state index contributed by atoms with van der Waals surface area (Å²) in [7, 11) is 0. The fourth-order valence-corrected chi connectivity index (χ4v) is 0. The molecule has 0 bridgehead atoms. The Morgan fingerprint density at radius 2 is 1.00 bits per heavy atom. The van der Waals surface area contributed by atoms with E-state index in [2.05, 4.69) is 0 Å². The van der Waals surface area contributed by atoms with Gasteiger partial charge in [0.25, 0.3) is 0 Å². The van der Waals surface area contributed by atoms with Gasteiger partial charge in [0, 0.05) is 33.8 Å². The molecule has 0 heterocycles. The van der Waals surface area contributed by atoms with E-state index in [4.69, 9.17) is 0 Å². The van der Waals surface area contributed by atoms with Crippen molar-refractivity contribution in [2.75, 3.05) is 0 Å². The van der Waals surface area contributed by atoms with Crippen LogP contribution in [-0.4, -0.2) is 15.5 Å². The Kier molecular flexibility index (Phi) is 25.1. The molecule has 0 atom stereocenters. The molecule has 0 aromatic heterocycles. The molecule has 0 nitrogen and oxygen atoms in total. The van der Waals surface area contributed by atoms with E-state index in [9.17, 15) is 10.6 Å². The molecule has 0 amide bonds. The van der Waals surface area contributed by atoms with Crippen molar-refractivity contribution in [2.45, 2.75) is 0 Å². The minimum Gasteiger partial charge on any atom is -0.346 e. The van der Waals surface area contributed by atoms with Crippen LogP contribution in [0.5, 0.6) is 0 Å². The molecule has 41 valence electrons. The molecule has 0 spiro atoms. The first-order valence-electron chi connectivity index (χ1n) is 0.655. The third-order valence-electron chi connectivity index (χ3n) is 0. The molecule has 0 aromatic carbocycles. The average molecular weight is 199 g/mol. The van der Waals surface area contributed by atoms with Gasteiger partial charge in [0.05, 0.1) is 0 Å². The third-order valence-corrected chi connectivity index (χ3v) is 0. The molecule has 1 radical (unpaired) electrons. The first-order chi connectivity index (χ1) is 1.73. The van der Waals surface area contributed by atoms with E-state index in [1.54, 1.807) is 0 Å². The molecule has 0 fully saturated rings. The second-order valence-electron chi connectivity index (χ2n) is 0.247. The molecule has 0 unspecified atom stereocenters. The van der Waals surface area contributed by atoms with Crippen molar-refractivity contribution in [1.29, 1.82) is 0 Å². The monoisotopic (exact) mass is 199 g/mol. The fourth-order valence-electron chi connectivity index (χ4n) is 0. The van der Waals surface area contributed by atoms with Crippen molar-refractivity contribution < 1.29 is 44.4 Å². The van der Waals surface area contributed by atoms with Crippen LogP contribution in [0.3, 0.4) is 0 Å². The van der Waals surface area contributed by atoms with Crippen molar-refractivity contribution in [3.63, 3.8) is 0 Å². The predicted octanol–water partition coefficient (Wildman–Crippen LogP) is 0.875. The number of hydrogen-bond acceptors (Lipinski definition) is 0. The van der Waals surface area contributed by atoms with Crippen molar-refractivity contribution in [3.8, 4) is 0 Å². The van der Waals surface area contributed by atoms with E-state index in [0.29, 0.717) is 0 Å². The summed E-state index contributed by atoms with van der Waals surface area (Å²) in [6.07, 6.45) is 0. The normalized spacial score (nSPS) is 4.50. The smallest absolute Gasteiger partial charge is 0.346 e. The summed E-state index contributed by atoms with van der Waals surface area (Å²) in [4.78, 5) is 0. The van der Waals surface area contributed by atoms with Crippen LogP contribution in [0.1, 0.15) is 0 Å². The first-order valence-corrected chi connectivity index (χ1v) is 1.96. The number of halogens is 3. The molecule has 6 heteroatoms. The second kappa shape index (κ2) is 9.60. The zero-order chi connectivity index (χ0) is 3.58. The van der Waals surface area contributed by atoms with E-state index < -0.39 is 15.5 Å². The molecule has 0 aliphatic carbocycles. The molecule has 0 saturated carbocycles. The Morgan fingerprint density at radius 1 is 1.00 bits per heavy atom. The number of rotatable bonds is 0. The summed E-state index contributed by atoms with van der Waals surface area (Å²) in [5, 5.41) is 0. The van der Waals surface area contributed by atoms with Crippen molar-refractivity contribution in [3.05, 3.63) is 0 Å². The Balaban J connectivity index is -0.0000000450. The van der Waals surface area contributed by atoms with Crippen LogP contribution in [0, 0.1) is 0 Å². The van der Waals surface area contributed by atoms with Crippen LogP contribution < -0.4 is 0 Å². The Hall–Kier alpha value is 1.35. The van der Waals surface area contributed by atoms with E-state index in [-0.39, 0.29) is 33.8 Å². The molecule has 6 heavy (non-hydrogen) atoms. The van der Waals surface area contributed by atoms with Crippen molar-refractivity contribution >= 4 is 15.5 Å². The molecule has 0 saturated heterocycles. The van der Waals surface area contributed by atoms with Crippen LogP contribution in [0.4, 0.5) is 10.6 Å². The van der Waals surface area contributed by atoms with Gasteiger partial charge in [-0.05, 0) is 0 Å². The van der Waals surface area contributed by atoms with Gasteiger partial charge in [0.1, 0.15) is 0 Å². The minimum atomic E-state index is -4.64. The molecular weight excluding hydrogens is 199 g/mol. The van der Waals surface area contributed by atoms with Crippen LogP contribution >= 0.6 is 0 Å². The van der Waals surface area contributed by atoms with Gasteiger partial charge < -0.3 is 10.6 Å². The molecule has 0 N–H and O–H groups in total. The Labute approximate surface area is 60.0 Å². The molecule has 0 aromatic rings. The third kappa shape index (κ3) is 55.6. The van der Waals surface area contributed by atoms with E-state index in [1.807, 2.05) is 0 Å². The molecule has 0 aliphatic heterocycles. The van der Waals surface area contributed by atoms with E-state index >= 15 is 0 Å². The topological polar surface area (TPSA) is 0 Å². The SMILES string of the molecule is [Co].[F][Al]([F])[F].[Fe]. The van der Waals surface area contributed by atoms with Gasteiger partial charge in [-0.15, -0.1) is 0 Å². The summed E-state index contributed by atoms with van der Waals surface area (Å²) < 4.78 is 29.4. The van der Waals surface area contributed by atoms with Crippen LogP contribution in [0.2, 0.25) is 0 Å². The van der Waals surface area contributed by atoms with Crippen LogP contribution in [0.15, 0.2) is 0 Å². The predicted molar refractivity (Wildman–Crippen MR) is 9.08 cm³/mol. The van der Waals surface area contributed by atoms with Gasteiger partial charge in [-0.1, -0.05) is 0 Å². The maximum absolute atomic E-state index is 9.81. The largest absolute Gasteiger partial charge is 1.04 e. The Morgan fingerprint density at radius 3 is 1.00 bits per heavy atom. The zero-order valence-corrected chi connectivity index (χ0v) is 5.70. The number of hydrogen-bond donors (Lipinski definition) is 0. The van der Waals surface area contributed by atoms with Gasteiger partial charge in [0.15, 0.2) is 0 Å². The molecule has 0 rings (SSSR count). The van der Waals surface area contributed by atoms with Crippen LogP contribution in [0.25, 0.3) is 0 Å². The van der Waals surface area contributed by atoms with E-state index in [0.717, 1.165) is 0 Å².